The second kappa shape index (κ2) is 15.4. The van der Waals surface area contributed by atoms with E-state index in [0.29, 0.717) is 70.9 Å². The van der Waals surface area contributed by atoms with Crippen LogP contribution < -0.4 is 15.5 Å². The molecule has 9 rings (SSSR count). The number of nitrogens with zero attached hydrogens (tertiary/aromatic N) is 9. The fourth-order valence-electron chi connectivity index (χ4n) is 8.09. The van der Waals surface area contributed by atoms with Gasteiger partial charge in [-0.25, -0.2) is 4.52 Å². The monoisotopic (exact) mass is 771 g/mol. The van der Waals surface area contributed by atoms with Crippen molar-refractivity contribution in [2.75, 3.05) is 62.7 Å². The molecule has 0 aliphatic carbocycles. The van der Waals surface area contributed by atoms with Gasteiger partial charge in [0.05, 0.1) is 46.7 Å². The van der Waals surface area contributed by atoms with Crippen molar-refractivity contribution >= 4 is 45.4 Å². The highest BCUT2D eigenvalue weighted by molar-refractivity contribution is 7.18. The van der Waals surface area contributed by atoms with E-state index >= 15 is 0 Å². The number of carbonyl (C=O) groups is 3. The predicted molar refractivity (Wildman–Crippen MR) is 209 cm³/mol. The van der Waals surface area contributed by atoms with E-state index < -0.39 is 0 Å². The summed E-state index contributed by atoms with van der Waals surface area (Å²) in [5, 5.41) is 30.8. The third kappa shape index (κ3) is 7.32. The highest BCUT2D eigenvalue weighted by atomic mass is 32.1. The average Bonchev–Trinajstić information content (AvgIpc) is 3.89. The zero-order valence-corrected chi connectivity index (χ0v) is 31.6. The van der Waals surface area contributed by atoms with Gasteiger partial charge in [0.1, 0.15) is 6.07 Å². The van der Waals surface area contributed by atoms with Crippen molar-refractivity contribution in [2.45, 2.75) is 50.6 Å². The van der Waals surface area contributed by atoms with Crippen LogP contribution in [-0.4, -0.2) is 111 Å². The number of benzene rings is 1. The number of aromatic nitrogens is 5. The van der Waals surface area contributed by atoms with Gasteiger partial charge in [-0.3, -0.25) is 29.6 Å². The molecule has 2 N–H and O–H groups in total. The van der Waals surface area contributed by atoms with Crippen LogP contribution in [0.3, 0.4) is 0 Å². The number of piperazine rings is 1. The molecule has 1 aromatic carbocycles. The Labute approximate surface area is 327 Å². The van der Waals surface area contributed by atoms with Gasteiger partial charge in [-0.1, -0.05) is 29.5 Å². The van der Waals surface area contributed by atoms with Gasteiger partial charge in [0.15, 0.2) is 5.01 Å². The summed E-state index contributed by atoms with van der Waals surface area (Å²) in [6.45, 7) is 5.78. The highest BCUT2D eigenvalue weighted by Crippen LogP contribution is 2.37. The Morgan fingerprint density at radius 3 is 2.64 bits per heavy atom. The lowest BCUT2D eigenvalue weighted by Gasteiger charge is -2.36. The van der Waals surface area contributed by atoms with Crippen molar-refractivity contribution in [3.63, 3.8) is 0 Å². The van der Waals surface area contributed by atoms with E-state index in [2.05, 4.69) is 53.9 Å². The Kier molecular flexibility index (Phi) is 9.88. The summed E-state index contributed by atoms with van der Waals surface area (Å²) in [5.41, 5.74) is 8.02. The molecule has 4 aliphatic rings. The second-order valence-electron chi connectivity index (χ2n) is 14.8. The lowest BCUT2D eigenvalue weighted by Crippen LogP contribution is -2.51. The van der Waals surface area contributed by atoms with Crippen LogP contribution in [0.25, 0.3) is 27.5 Å². The van der Waals surface area contributed by atoms with Crippen LogP contribution in [0.2, 0.25) is 0 Å². The van der Waals surface area contributed by atoms with Crippen LogP contribution in [-0.2, 0) is 32.1 Å². The van der Waals surface area contributed by atoms with Gasteiger partial charge in [-0.05, 0) is 66.6 Å². The molecule has 5 aromatic rings. The maximum atomic E-state index is 13.5. The Balaban J connectivity index is 0.841. The van der Waals surface area contributed by atoms with Gasteiger partial charge >= 0.3 is 0 Å². The molecule has 3 fully saturated rings. The molecule has 8 heterocycles. The van der Waals surface area contributed by atoms with Crippen molar-refractivity contribution in [1.29, 1.82) is 5.26 Å². The Morgan fingerprint density at radius 2 is 1.82 bits per heavy atom. The first-order valence-corrected chi connectivity index (χ1v) is 20.0. The molecule has 56 heavy (non-hydrogen) atoms. The van der Waals surface area contributed by atoms with E-state index in [-0.39, 0.29) is 29.7 Å². The van der Waals surface area contributed by atoms with Crippen LogP contribution in [0.15, 0.2) is 54.9 Å². The Hall–Kier alpha value is -5.76. The van der Waals surface area contributed by atoms with Crippen LogP contribution in [0, 0.1) is 11.3 Å². The van der Waals surface area contributed by atoms with Crippen LogP contribution in [0.1, 0.15) is 53.9 Å². The number of amides is 3. The Morgan fingerprint density at radius 1 is 0.964 bits per heavy atom. The number of hydrogen-bond donors (Lipinski definition) is 2. The summed E-state index contributed by atoms with van der Waals surface area (Å²) in [5.74, 6) is -0.592. The highest BCUT2D eigenvalue weighted by Gasteiger charge is 2.30. The molecule has 0 saturated carbocycles. The van der Waals surface area contributed by atoms with Gasteiger partial charge in [-0.2, -0.15) is 10.4 Å². The number of pyridine rings is 1. The summed E-state index contributed by atoms with van der Waals surface area (Å²) in [4.78, 5) is 48.7. The van der Waals surface area contributed by atoms with Crippen molar-refractivity contribution in [3.05, 3.63) is 77.1 Å². The van der Waals surface area contributed by atoms with E-state index in [1.807, 2.05) is 41.4 Å². The Bertz CT molecular complexity index is 2360. The molecule has 286 valence electrons. The van der Waals surface area contributed by atoms with Gasteiger partial charge in [0.25, 0.3) is 0 Å². The number of imide groups is 1. The molecule has 15 nitrogen and oxygen atoms in total. The van der Waals surface area contributed by atoms with Gasteiger partial charge in [0, 0.05) is 76.8 Å². The molecule has 4 aliphatic heterocycles. The maximum absolute atomic E-state index is 13.5. The topological polar surface area (TPSA) is 174 Å². The number of carbonyl (C=O) groups excluding carboxylic acids is 3. The van der Waals surface area contributed by atoms with E-state index in [4.69, 9.17) is 9.72 Å². The minimum Gasteiger partial charge on any atom is -0.381 e. The smallest absolute Gasteiger partial charge is 0.236 e. The standard InChI is InChI=1S/C40H41N11O4S/c41-20-25-17-30-3-5-35(51(30)43-21-25)34-19-33(44-29-8-15-55-16-9-29)32(22-42-34)39-46-47-40(56-39)50-13-11-49(12-14-50)37(53)24-48-10-7-26-18-27(1-2-28(26)23-48)31-4-6-36(52)45-38(31)54/h1-3,5,17-19,21-22,29,31H,4,6-16,23-24H2,(H,42,44)(H,45,52,54). The van der Waals surface area contributed by atoms with Crippen LogP contribution in [0.4, 0.5) is 10.8 Å². The fraction of sp³-hybridized carbons (Fsp3) is 0.400. The van der Waals surface area contributed by atoms with Gasteiger partial charge < -0.3 is 19.9 Å². The summed E-state index contributed by atoms with van der Waals surface area (Å²) < 4.78 is 7.41. The fourth-order valence-corrected chi connectivity index (χ4v) is 9.01. The molecule has 0 radical (unpaired) electrons. The molecular formula is C40H41N11O4S. The zero-order chi connectivity index (χ0) is 38.2. The van der Waals surface area contributed by atoms with Gasteiger partial charge in [-0.15, -0.1) is 10.2 Å². The molecule has 0 spiro atoms. The number of hydrogen-bond acceptors (Lipinski definition) is 13. The first-order valence-electron chi connectivity index (χ1n) is 19.2. The average molecular weight is 772 g/mol. The van der Waals surface area contributed by atoms with E-state index in [1.165, 1.54) is 22.5 Å². The summed E-state index contributed by atoms with van der Waals surface area (Å²) in [7, 11) is 0. The van der Waals surface area contributed by atoms with Crippen LogP contribution in [0.5, 0.6) is 0 Å². The number of anilines is 2. The largest absolute Gasteiger partial charge is 0.381 e. The number of nitriles is 1. The molecule has 1 unspecified atom stereocenters. The minimum atomic E-state index is -0.292. The SMILES string of the molecule is N#Cc1cnn2c(-c3cc(NC4CCOCC4)c(-c4nnc(N5CCN(C(=O)CN6CCc7cc(C8CCC(=O)NC8=O)ccc7C6)CC5)s4)cn3)ccc2c1. The molecule has 0 bridgehead atoms. The van der Waals surface area contributed by atoms with E-state index in [9.17, 15) is 19.6 Å². The van der Waals surface area contributed by atoms with Crippen molar-refractivity contribution in [3.8, 4) is 28.0 Å². The molecule has 16 heteroatoms. The van der Waals surface area contributed by atoms with E-state index in [1.54, 1.807) is 10.7 Å². The number of piperidine rings is 1. The maximum Gasteiger partial charge on any atom is 0.236 e. The third-order valence-electron chi connectivity index (χ3n) is 11.2. The molecule has 3 amide bonds. The first-order chi connectivity index (χ1) is 27.4. The third-order valence-corrected chi connectivity index (χ3v) is 12.3. The molecule has 4 aromatic heterocycles. The normalized spacial score (nSPS) is 19.4. The summed E-state index contributed by atoms with van der Waals surface area (Å²) in [6, 6.07) is 16.3. The number of ether oxygens (including phenoxy) is 1. The molecular weight excluding hydrogens is 731 g/mol. The molecule has 1 atom stereocenters. The predicted octanol–water partition coefficient (Wildman–Crippen LogP) is 3.60. The number of nitrogens with one attached hydrogen (secondary N) is 2. The van der Waals surface area contributed by atoms with E-state index in [0.717, 1.165) is 69.7 Å². The van der Waals surface area contributed by atoms with Gasteiger partial charge in [0.2, 0.25) is 22.9 Å². The van der Waals surface area contributed by atoms with Crippen LogP contribution >= 0.6 is 11.3 Å². The lowest BCUT2D eigenvalue weighted by atomic mass is 9.87. The second-order valence-corrected chi connectivity index (χ2v) is 15.8. The first kappa shape index (κ1) is 35.9. The van der Waals surface area contributed by atoms with Crippen molar-refractivity contribution < 1.29 is 19.1 Å². The van der Waals surface area contributed by atoms with Crippen molar-refractivity contribution in [1.82, 2.24) is 39.9 Å². The molecule has 3 saturated heterocycles. The quantitative estimate of drug-likeness (QED) is 0.220. The zero-order valence-electron chi connectivity index (χ0n) is 30.8. The minimum absolute atomic E-state index is 0.123. The summed E-state index contributed by atoms with van der Waals surface area (Å²) in [6.07, 6.45) is 6.91. The lowest BCUT2D eigenvalue weighted by molar-refractivity contribution is -0.134. The van der Waals surface area contributed by atoms with Crippen molar-refractivity contribution in [2.24, 2.45) is 0 Å². The number of fused-ring (bicyclic) bond motifs is 2. The summed E-state index contributed by atoms with van der Waals surface area (Å²) >= 11 is 1.52. The number of rotatable bonds is 8.